The Morgan fingerprint density at radius 1 is 0.833 bits per heavy atom. The molecule has 2 rings (SSSR count). The van der Waals surface area contributed by atoms with Crippen LogP contribution in [0.1, 0.15) is 78.1 Å². The van der Waals surface area contributed by atoms with Gasteiger partial charge in [-0.2, -0.15) is 0 Å². The molecule has 0 spiro atoms. The molecule has 1 aliphatic heterocycles. The number of hydrogen-bond acceptors (Lipinski definition) is 2. The van der Waals surface area contributed by atoms with Crippen LogP contribution in [0, 0.1) is 11.8 Å². The summed E-state index contributed by atoms with van der Waals surface area (Å²) >= 11 is 0. The minimum absolute atomic E-state index is 0.149. The molecule has 0 unspecified atom stereocenters. The molecule has 1 saturated heterocycles. The number of hydrogen-bond donors (Lipinski definition) is 0. The van der Waals surface area contributed by atoms with E-state index in [1.807, 2.05) is 4.90 Å². The van der Waals surface area contributed by atoms with Crippen LogP contribution in [0.2, 0.25) is 0 Å². The lowest BCUT2D eigenvalue weighted by molar-refractivity contribution is -0.141. The third kappa shape index (κ3) is 5.22. The Morgan fingerprint density at radius 2 is 1.33 bits per heavy atom. The molecule has 24 heavy (non-hydrogen) atoms. The van der Waals surface area contributed by atoms with E-state index in [0.717, 1.165) is 77.5 Å². The number of likely N-dealkylation sites (tertiary alicyclic amines) is 1. The molecular formula is C20H36N2O2. The van der Waals surface area contributed by atoms with Gasteiger partial charge < -0.3 is 9.80 Å². The van der Waals surface area contributed by atoms with Crippen molar-refractivity contribution in [2.45, 2.75) is 78.1 Å². The second-order valence-electron chi connectivity index (χ2n) is 7.61. The van der Waals surface area contributed by atoms with Gasteiger partial charge in [-0.3, -0.25) is 9.59 Å². The Kier molecular flexibility index (Phi) is 8.07. The van der Waals surface area contributed by atoms with E-state index in [1.54, 1.807) is 0 Å². The summed E-state index contributed by atoms with van der Waals surface area (Å²) in [6.07, 6.45) is 10.5. The average Bonchev–Trinajstić information content (AvgIpc) is 2.90. The molecule has 0 atom stereocenters. The van der Waals surface area contributed by atoms with Crippen LogP contribution in [-0.2, 0) is 9.59 Å². The normalized spacial score (nSPS) is 25.2. The first-order chi connectivity index (χ1) is 11.7. The van der Waals surface area contributed by atoms with Crippen molar-refractivity contribution in [1.82, 2.24) is 9.80 Å². The molecule has 138 valence electrons. The second kappa shape index (κ2) is 10.0. The molecule has 0 aromatic heterocycles. The van der Waals surface area contributed by atoms with Crippen LogP contribution in [-0.4, -0.2) is 47.8 Å². The van der Waals surface area contributed by atoms with Crippen molar-refractivity contribution in [1.29, 1.82) is 0 Å². The van der Waals surface area contributed by atoms with Gasteiger partial charge in [0.15, 0.2) is 0 Å². The average molecular weight is 337 g/mol. The molecule has 2 aliphatic rings. The number of nitrogens with zero attached hydrogens (tertiary/aromatic N) is 2. The highest BCUT2D eigenvalue weighted by Crippen LogP contribution is 2.32. The zero-order chi connectivity index (χ0) is 17.4. The molecule has 1 heterocycles. The molecule has 1 saturated carbocycles. The minimum atomic E-state index is 0.149. The molecule has 1 aliphatic carbocycles. The quantitative estimate of drug-likeness (QED) is 0.739. The number of carbonyl (C=O) groups is 2. The Hall–Kier alpha value is -1.06. The number of rotatable bonds is 6. The predicted molar refractivity (Wildman–Crippen MR) is 97.7 cm³/mol. The van der Waals surface area contributed by atoms with E-state index in [4.69, 9.17) is 0 Å². The fourth-order valence-electron chi connectivity index (χ4n) is 4.27. The van der Waals surface area contributed by atoms with Crippen molar-refractivity contribution in [3.63, 3.8) is 0 Å². The van der Waals surface area contributed by atoms with E-state index in [-0.39, 0.29) is 11.8 Å². The summed E-state index contributed by atoms with van der Waals surface area (Å²) < 4.78 is 0. The zero-order valence-electron chi connectivity index (χ0n) is 15.8. The number of carbonyl (C=O) groups excluding carboxylic acids is 2. The van der Waals surface area contributed by atoms with Crippen molar-refractivity contribution in [2.75, 3.05) is 26.2 Å². The zero-order valence-corrected chi connectivity index (χ0v) is 15.8. The largest absolute Gasteiger partial charge is 0.342 e. The van der Waals surface area contributed by atoms with Gasteiger partial charge in [-0.25, -0.2) is 0 Å². The van der Waals surface area contributed by atoms with Gasteiger partial charge in [-0.05, 0) is 51.4 Å². The first kappa shape index (κ1) is 19.3. The van der Waals surface area contributed by atoms with Crippen LogP contribution >= 0.6 is 0 Å². The van der Waals surface area contributed by atoms with Gasteiger partial charge >= 0.3 is 0 Å². The molecule has 0 aromatic rings. The van der Waals surface area contributed by atoms with Crippen molar-refractivity contribution in [3.8, 4) is 0 Å². The standard InChI is InChI=1S/C20H36N2O2/c1-3-13-21(14-4-2)19(23)17-9-11-18(12-10-17)20(24)22-15-7-5-6-8-16-22/h17-18H,3-16H2,1-2H3. The van der Waals surface area contributed by atoms with Gasteiger partial charge in [0.25, 0.3) is 0 Å². The topological polar surface area (TPSA) is 40.6 Å². The van der Waals surface area contributed by atoms with E-state index in [9.17, 15) is 9.59 Å². The highest BCUT2D eigenvalue weighted by atomic mass is 16.2. The number of amides is 2. The van der Waals surface area contributed by atoms with Gasteiger partial charge in [-0.1, -0.05) is 26.7 Å². The van der Waals surface area contributed by atoms with Crippen molar-refractivity contribution in [2.24, 2.45) is 11.8 Å². The summed E-state index contributed by atoms with van der Waals surface area (Å²) in [5, 5.41) is 0. The third-order valence-corrected chi connectivity index (χ3v) is 5.64. The van der Waals surface area contributed by atoms with E-state index in [1.165, 1.54) is 12.8 Å². The monoisotopic (exact) mass is 336 g/mol. The summed E-state index contributed by atoms with van der Waals surface area (Å²) in [6, 6.07) is 0. The van der Waals surface area contributed by atoms with Crippen LogP contribution in [0.3, 0.4) is 0 Å². The van der Waals surface area contributed by atoms with E-state index in [0.29, 0.717) is 11.8 Å². The van der Waals surface area contributed by atoms with Gasteiger partial charge in [0, 0.05) is 38.0 Å². The predicted octanol–water partition coefficient (Wildman–Crippen LogP) is 3.84. The lowest BCUT2D eigenvalue weighted by Gasteiger charge is -2.33. The summed E-state index contributed by atoms with van der Waals surface area (Å²) in [7, 11) is 0. The van der Waals surface area contributed by atoms with E-state index >= 15 is 0 Å². The van der Waals surface area contributed by atoms with E-state index < -0.39 is 0 Å². The summed E-state index contributed by atoms with van der Waals surface area (Å²) in [5.74, 6) is 1.01. The molecule has 2 fully saturated rings. The smallest absolute Gasteiger partial charge is 0.225 e. The Bertz CT molecular complexity index is 366. The third-order valence-electron chi connectivity index (χ3n) is 5.64. The Labute approximate surface area is 148 Å². The SMILES string of the molecule is CCCN(CCC)C(=O)C1CCC(C(=O)N2CCCCCC2)CC1. The van der Waals surface area contributed by atoms with Crippen LogP contribution in [0.25, 0.3) is 0 Å². The van der Waals surface area contributed by atoms with Gasteiger partial charge in [0.05, 0.1) is 0 Å². The highest BCUT2D eigenvalue weighted by molar-refractivity contribution is 5.81. The minimum Gasteiger partial charge on any atom is -0.342 e. The summed E-state index contributed by atoms with van der Waals surface area (Å²) in [5.41, 5.74) is 0. The second-order valence-corrected chi connectivity index (χ2v) is 7.61. The summed E-state index contributed by atoms with van der Waals surface area (Å²) in [4.78, 5) is 29.6. The fraction of sp³-hybridized carbons (Fsp3) is 0.900. The van der Waals surface area contributed by atoms with Gasteiger partial charge in [0.1, 0.15) is 0 Å². The van der Waals surface area contributed by atoms with Gasteiger partial charge in [0.2, 0.25) is 11.8 Å². The maximum Gasteiger partial charge on any atom is 0.225 e. The lowest BCUT2D eigenvalue weighted by atomic mass is 9.80. The first-order valence-corrected chi connectivity index (χ1v) is 10.2. The maximum absolute atomic E-state index is 12.8. The van der Waals surface area contributed by atoms with Crippen LogP contribution in [0.15, 0.2) is 0 Å². The molecule has 0 bridgehead atoms. The molecule has 2 amide bonds. The van der Waals surface area contributed by atoms with Crippen molar-refractivity contribution < 1.29 is 9.59 Å². The Morgan fingerprint density at radius 3 is 1.83 bits per heavy atom. The summed E-state index contributed by atoms with van der Waals surface area (Å²) in [6.45, 7) is 7.90. The van der Waals surface area contributed by atoms with Crippen LogP contribution < -0.4 is 0 Å². The van der Waals surface area contributed by atoms with Crippen LogP contribution in [0.5, 0.6) is 0 Å². The van der Waals surface area contributed by atoms with Crippen molar-refractivity contribution >= 4 is 11.8 Å². The Balaban J connectivity index is 1.83. The maximum atomic E-state index is 12.8. The fourth-order valence-corrected chi connectivity index (χ4v) is 4.27. The molecule has 0 radical (unpaired) electrons. The molecule has 4 heteroatoms. The van der Waals surface area contributed by atoms with Crippen molar-refractivity contribution in [3.05, 3.63) is 0 Å². The molecule has 0 aromatic carbocycles. The molecular weight excluding hydrogens is 300 g/mol. The van der Waals surface area contributed by atoms with Gasteiger partial charge in [-0.15, -0.1) is 0 Å². The van der Waals surface area contributed by atoms with Crippen LogP contribution in [0.4, 0.5) is 0 Å². The lowest BCUT2D eigenvalue weighted by Crippen LogP contribution is -2.42. The highest BCUT2D eigenvalue weighted by Gasteiger charge is 2.33. The molecule has 0 N–H and O–H groups in total. The first-order valence-electron chi connectivity index (χ1n) is 10.2. The molecule has 4 nitrogen and oxygen atoms in total. The van der Waals surface area contributed by atoms with E-state index in [2.05, 4.69) is 18.7 Å².